The van der Waals surface area contributed by atoms with Crippen LogP contribution < -0.4 is 0 Å². The number of aromatic nitrogens is 2. The fraction of sp³-hybridized carbons (Fsp3) is 0.417. The molecule has 1 atom stereocenters. The molecule has 1 N–H and O–H groups in total. The summed E-state index contributed by atoms with van der Waals surface area (Å²) in [6.45, 7) is 2.06. The van der Waals surface area contributed by atoms with Gasteiger partial charge in [0.25, 0.3) is 0 Å². The lowest BCUT2D eigenvalue weighted by atomic mass is 10.1. The van der Waals surface area contributed by atoms with Crippen LogP contribution in [0.3, 0.4) is 0 Å². The second-order valence-corrected chi connectivity index (χ2v) is 4.89. The molecule has 0 aromatic carbocycles. The van der Waals surface area contributed by atoms with Crippen molar-refractivity contribution in [3.63, 3.8) is 0 Å². The number of hydrogen-bond donors (Lipinski definition) is 1. The number of hydrogen-bond acceptors (Lipinski definition) is 3. The summed E-state index contributed by atoms with van der Waals surface area (Å²) >= 11 is 1.68. The van der Waals surface area contributed by atoms with Crippen molar-refractivity contribution in [2.24, 2.45) is 7.05 Å². The molecule has 0 aliphatic carbocycles. The zero-order valence-electron chi connectivity index (χ0n) is 9.55. The highest BCUT2D eigenvalue weighted by Gasteiger charge is 2.15. The van der Waals surface area contributed by atoms with Gasteiger partial charge in [0.05, 0.1) is 11.8 Å². The van der Waals surface area contributed by atoms with Gasteiger partial charge in [0.2, 0.25) is 0 Å². The van der Waals surface area contributed by atoms with Crippen molar-refractivity contribution in [3.05, 3.63) is 39.8 Å². The minimum absolute atomic E-state index is 0.442. The van der Waals surface area contributed by atoms with Crippen molar-refractivity contribution in [1.82, 2.24) is 9.78 Å². The van der Waals surface area contributed by atoms with Crippen LogP contribution in [-0.4, -0.2) is 14.9 Å². The molecule has 0 saturated heterocycles. The monoisotopic (exact) mass is 236 g/mol. The summed E-state index contributed by atoms with van der Waals surface area (Å²) in [6, 6.07) is 4.06. The molecule has 2 heterocycles. The minimum atomic E-state index is -0.442. The Kier molecular flexibility index (Phi) is 3.41. The number of aliphatic hydroxyl groups excluding tert-OH is 1. The summed E-state index contributed by atoms with van der Waals surface area (Å²) in [6.07, 6.45) is 3.01. The van der Waals surface area contributed by atoms with E-state index in [0.717, 1.165) is 17.7 Å². The van der Waals surface area contributed by atoms with Crippen LogP contribution in [0.1, 0.15) is 29.2 Å². The van der Waals surface area contributed by atoms with Crippen molar-refractivity contribution in [1.29, 1.82) is 0 Å². The number of aliphatic hydroxyl groups is 1. The average Bonchev–Trinajstić information content (AvgIpc) is 2.86. The highest BCUT2D eigenvalue weighted by atomic mass is 32.1. The van der Waals surface area contributed by atoms with E-state index in [1.165, 1.54) is 4.88 Å². The molecule has 3 nitrogen and oxygen atoms in total. The third-order valence-corrected chi connectivity index (χ3v) is 3.50. The van der Waals surface area contributed by atoms with E-state index in [2.05, 4.69) is 18.1 Å². The van der Waals surface area contributed by atoms with E-state index in [-0.39, 0.29) is 0 Å². The van der Waals surface area contributed by atoms with E-state index in [4.69, 9.17) is 0 Å². The second kappa shape index (κ2) is 4.80. The zero-order chi connectivity index (χ0) is 11.5. The lowest BCUT2D eigenvalue weighted by molar-refractivity contribution is 0.178. The maximum Gasteiger partial charge on any atom is 0.0871 e. The summed E-state index contributed by atoms with van der Waals surface area (Å²) in [5, 5.41) is 16.5. The standard InChI is InChI=1S/C12H16N2OS/c1-3-11-10(8-14(2)13-11)12(15)7-9-5-4-6-16-9/h4-6,8,12,15H,3,7H2,1-2H3. The van der Waals surface area contributed by atoms with Crippen molar-refractivity contribution in [3.8, 4) is 0 Å². The molecule has 2 rings (SSSR count). The van der Waals surface area contributed by atoms with Crippen LogP contribution in [0.2, 0.25) is 0 Å². The Morgan fingerprint density at radius 1 is 1.56 bits per heavy atom. The van der Waals surface area contributed by atoms with Crippen LogP contribution in [-0.2, 0) is 19.9 Å². The van der Waals surface area contributed by atoms with Crippen LogP contribution >= 0.6 is 11.3 Å². The van der Waals surface area contributed by atoms with Crippen LogP contribution in [0.4, 0.5) is 0 Å². The lowest BCUT2D eigenvalue weighted by Gasteiger charge is -2.08. The topological polar surface area (TPSA) is 38.0 Å². The third kappa shape index (κ3) is 2.33. The van der Waals surface area contributed by atoms with E-state index < -0.39 is 6.10 Å². The van der Waals surface area contributed by atoms with E-state index in [0.29, 0.717) is 6.42 Å². The summed E-state index contributed by atoms with van der Waals surface area (Å²) in [5.74, 6) is 0. The Morgan fingerprint density at radius 3 is 3.00 bits per heavy atom. The van der Waals surface area contributed by atoms with E-state index in [9.17, 15) is 5.11 Å². The second-order valence-electron chi connectivity index (χ2n) is 3.86. The minimum Gasteiger partial charge on any atom is -0.388 e. The predicted molar refractivity (Wildman–Crippen MR) is 65.6 cm³/mol. The van der Waals surface area contributed by atoms with Gasteiger partial charge in [-0.15, -0.1) is 11.3 Å². The molecule has 86 valence electrons. The Hall–Kier alpha value is -1.13. The van der Waals surface area contributed by atoms with Crippen LogP contribution in [0.15, 0.2) is 23.7 Å². The molecule has 0 spiro atoms. The van der Waals surface area contributed by atoms with Gasteiger partial charge in [-0.1, -0.05) is 13.0 Å². The smallest absolute Gasteiger partial charge is 0.0871 e. The lowest BCUT2D eigenvalue weighted by Crippen LogP contribution is -2.02. The number of nitrogens with zero attached hydrogens (tertiary/aromatic N) is 2. The fourth-order valence-electron chi connectivity index (χ4n) is 1.84. The molecule has 16 heavy (non-hydrogen) atoms. The number of aryl methyl sites for hydroxylation is 2. The summed E-state index contributed by atoms with van der Waals surface area (Å²) in [7, 11) is 1.89. The maximum absolute atomic E-state index is 10.2. The normalized spacial score (nSPS) is 12.9. The molecule has 0 aliphatic rings. The van der Waals surface area contributed by atoms with Gasteiger partial charge in [0.15, 0.2) is 0 Å². The first-order valence-electron chi connectivity index (χ1n) is 5.43. The Bertz CT molecular complexity index is 448. The van der Waals surface area contributed by atoms with Crippen LogP contribution in [0.5, 0.6) is 0 Å². The van der Waals surface area contributed by atoms with Crippen molar-refractivity contribution in [2.45, 2.75) is 25.9 Å². The summed E-state index contributed by atoms with van der Waals surface area (Å²) in [4.78, 5) is 1.21. The fourth-order valence-corrected chi connectivity index (χ4v) is 2.58. The molecule has 2 aromatic rings. The molecule has 0 amide bonds. The molecule has 4 heteroatoms. The quantitative estimate of drug-likeness (QED) is 0.884. The van der Waals surface area contributed by atoms with Crippen LogP contribution in [0.25, 0.3) is 0 Å². The first-order valence-corrected chi connectivity index (χ1v) is 6.31. The molecule has 0 bridgehead atoms. The molecule has 0 saturated carbocycles. The molecular formula is C12H16N2OS. The van der Waals surface area contributed by atoms with E-state index in [1.807, 2.05) is 24.7 Å². The highest BCUT2D eigenvalue weighted by Crippen LogP contribution is 2.23. The SMILES string of the molecule is CCc1nn(C)cc1C(O)Cc1cccs1. The first kappa shape index (κ1) is 11.4. The Balaban J connectivity index is 2.16. The van der Waals surface area contributed by atoms with Crippen molar-refractivity contribution in [2.75, 3.05) is 0 Å². The van der Waals surface area contributed by atoms with Gasteiger partial charge in [-0.05, 0) is 17.9 Å². The highest BCUT2D eigenvalue weighted by molar-refractivity contribution is 7.09. The average molecular weight is 236 g/mol. The summed E-state index contributed by atoms with van der Waals surface area (Å²) < 4.78 is 1.77. The van der Waals surface area contributed by atoms with E-state index in [1.54, 1.807) is 16.0 Å². The maximum atomic E-state index is 10.2. The predicted octanol–water partition coefficient (Wildman–Crippen LogP) is 2.32. The van der Waals surface area contributed by atoms with Crippen molar-refractivity contribution < 1.29 is 5.11 Å². The van der Waals surface area contributed by atoms with Gasteiger partial charge in [-0.25, -0.2) is 0 Å². The molecule has 0 fully saturated rings. The van der Waals surface area contributed by atoms with Gasteiger partial charge < -0.3 is 5.11 Å². The van der Waals surface area contributed by atoms with E-state index >= 15 is 0 Å². The molecule has 0 aliphatic heterocycles. The number of thiophene rings is 1. The van der Waals surface area contributed by atoms with Gasteiger partial charge in [0.1, 0.15) is 0 Å². The molecule has 2 aromatic heterocycles. The zero-order valence-corrected chi connectivity index (χ0v) is 10.4. The van der Waals surface area contributed by atoms with Gasteiger partial charge >= 0.3 is 0 Å². The van der Waals surface area contributed by atoms with Crippen LogP contribution in [0, 0.1) is 0 Å². The Morgan fingerprint density at radius 2 is 2.38 bits per heavy atom. The Labute approximate surface area is 99.4 Å². The molecule has 1 unspecified atom stereocenters. The van der Waals surface area contributed by atoms with Gasteiger partial charge in [-0.2, -0.15) is 5.10 Å². The third-order valence-electron chi connectivity index (χ3n) is 2.61. The summed E-state index contributed by atoms with van der Waals surface area (Å²) in [5.41, 5.74) is 1.95. The molecular weight excluding hydrogens is 220 g/mol. The van der Waals surface area contributed by atoms with Crippen molar-refractivity contribution >= 4 is 11.3 Å². The van der Waals surface area contributed by atoms with Gasteiger partial charge in [-0.3, -0.25) is 4.68 Å². The van der Waals surface area contributed by atoms with Gasteiger partial charge in [0, 0.05) is 30.1 Å². The number of rotatable bonds is 4. The largest absolute Gasteiger partial charge is 0.388 e. The first-order chi connectivity index (χ1) is 7.70. The molecule has 0 radical (unpaired) electrons.